The highest BCUT2D eigenvalue weighted by Gasteiger charge is 2.39. The van der Waals surface area contributed by atoms with Crippen LogP contribution in [0.1, 0.15) is 13.3 Å². The molecule has 0 bridgehead atoms. The molecule has 0 unspecified atom stereocenters. The third kappa shape index (κ3) is 3.29. The molecule has 2 aliphatic rings. The summed E-state index contributed by atoms with van der Waals surface area (Å²) in [5.41, 5.74) is -0.486. The average Bonchev–Trinajstić information content (AvgIpc) is 2.90. The summed E-state index contributed by atoms with van der Waals surface area (Å²) in [6.07, 6.45) is 0.721. The lowest BCUT2D eigenvalue weighted by Crippen LogP contribution is -2.47. The molecule has 0 aromatic carbocycles. The van der Waals surface area contributed by atoms with E-state index in [1.165, 1.54) is 0 Å². The van der Waals surface area contributed by atoms with Gasteiger partial charge in [0.2, 0.25) is 0 Å². The van der Waals surface area contributed by atoms with Gasteiger partial charge in [0.1, 0.15) is 12.7 Å². The summed E-state index contributed by atoms with van der Waals surface area (Å²) < 4.78 is 33.0. The molecule has 5 nitrogen and oxygen atoms in total. The molecule has 0 saturated carbocycles. The summed E-state index contributed by atoms with van der Waals surface area (Å²) in [5.74, 6) is 0.328. The normalized spacial score (nSPS) is 35.7. The Bertz CT molecular complexity index is 390. The minimum absolute atomic E-state index is 0.115. The number of hydrogen-bond acceptors (Lipinski definition) is 5. The number of rotatable bonds is 3. The van der Waals surface area contributed by atoms with Gasteiger partial charge in [0.25, 0.3) is 5.17 Å². The van der Waals surface area contributed by atoms with E-state index in [0.717, 1.165) is 0 Å². The Balaban J connectivity index is 1.81. The first kappa shape index (κ1) is 12.1. The summed E-state index contributed by atoms with van der Waals surface area (Å²) in [7, 11) is -2.92. The van der Waals surface area contributed by atoms with Crippen LogP contribution in [0.5, 0.6) is 0 Å². The minimum Gasteiger partial charge on any atom is -0.468 e. The number of epoxide rings is 1. The number of ether oxygens (including phenoxy) is 2. The largest absolute Gasteiger partial charge is 0.468 e. The molecule has 2 saturated heterocycles. The lowest BCUT2D eigenvalue weighted by atomic mass is 10.0. The summed E-state index contributed by atoms with van der Waals surface area (Å²) in [6, 6.07) is 0. The van der Waals surface area contributed by atoms with Crippen LogP contribution in [0.4, 0.5) is 0 Å². The molecular formula is C9H15NO4S2. The zero-order valence-corrected chi connectivity index (χ0v) is 10.7. The van der Waals surface area contributed by atoms with Crippen LogP contribution in [0.15, 0.2) is 0 Å². The zero-order chi connectivity index (χ0) is 11.8. The van der Waals surface area contributed by atoms with Crippen molar-refractivity contribution in [3.05, 3.63) is 0 Å². The topological polar surface area (TPSA) is 67.9 Å². The number of sulfone groups is 1. The Morgan fingerprint density at radius 2 is 2.38 bits per heavy atom. The first-order chi connectivity index (χ1) is 7.39. The molecule has 92 valence electrons. The van der Waals surface area contributed by atoms with E-state index >= 15 is 0 Å². The van der Waals surface area contributed by atoms with Gasteiger partial charge in [-0.2, -0.15) is 0 Å². The number of nitrogens with one attached hydrogen (secondary N) is 1. The fourth-order valence-electron chi connectivity index (χ4n) is 1.72. The molecule has 0 aliphatic carbocycles. The van der Waals surface area contributed by atoms with Gasteiger partial charge in [-0.1, -0.05) is 0 Å². The van der Waals surface area contributed by atoms with Crippen molar-refractivity contribution < 1.29 is 17.9 Å². The Hall–Kier alpha value is -0.400. The summed E-state index contributed by atoms with van der Waals surface area (Å²) in [6.45, 7) is 3.00. The Morgan fingerprint density at radius 1 is 1.69 bits per heavy atom. The molecule has 2 aliphatic heterocycles. The maximum absolute atomic E-state index is 11.4. The van der Waals surface area contributed by atoms with Gasteiger partial charge in [0.15, 0.2) is 9.84 Å². The molecule has 1 N–H and O–H groups in total. The van der Waals surface area contributed by atoms with Gasteiger partial charge in [0.05, 0.1) is 23.7 Å². The molecule has 0 spiro atoms. The molecule has 16 heavy (non-hydrogen) atoms. The van der Waals surface area contributed by atoms with Gasteiger partial charge >= 0.3 is 0 Å². The van der Waals surface area contributed by atoms with Gasteiger partial charge in [-0.15, -0.1) is 0 Å². The van der Waals surface area contributed by atoms with Crippen LogP contribution in [0.2, 0.25) is 0 Å². The molecule has 0 aromatic rings. The van der Waals surface area contributed by atoms with Crippen molar-refractivity contribution in [3.63, 3.8) is 0 Å². The minimum atomic E-state index is -2.92. The Labute approximate surface area is 100 Å². The molecule has 0 radical (unpaired) electrons. The molecule has 2 rings (SSSR count). The SMILES string of the molecule is C[C@@]1(NC(=S)OC[C@H]2CO2)CCS(=O)(=O)C1. The maximum atomic E-state index is 11.4. The van der Waals surface area contributed by atoms with Crippen LogP contribution in [0, 0.1) is 0 Å². The van der Waals surface area contributed by atoms with Crippen molar-refractivity contribution >= 4 is 27.2 Å². The van der Waals surface area contributed by atoms with Crippen LogP contribution in [-0.4, -0.2) is 50.0 Å². The van der Waals surface area contributed by atoms with Crippen LogP contribution >= 0.6 is 12.2 Å². The van der Waals surface area contributed by atoms with Crippen molar-refractivity contribution in [1.82, 2.24) is 5.32 Å². The highest BCUT2D eigenvalue weighted by molar-refractivity contribution is 7.91. The lowest BCUT2D eigenvalue weighted by Gasteiger charge is -2.24. The van der Waals surface area contributed by atoms with E-state index in [2.05, 4.69) is 5.32 Å². The average molecular weight is 265 g/mol. The van der Waals surface area contributed by atoms with Crippen LogP contribution in [-0.2, 0) is 19.3 Å². The first-order valence-electron chi connectivity index (χ1n) is 5.16. The summed E-state index contributed by atoms with van der Waals surface area (Å²) >= 11 is 5.00. The molecule has 0 aromatic heterocycles. The van der Waals surface area contributed by atoms with E-state index in [1.54, 1.807) is 0 Å². The van der Waals surface area contributed by atoms with E-state index < -0.39 is 15.4 Å². The van der Waals surface area contributed by atoms with E-state index in [-0.39, 0.29) is 22.8 Å². The highest BCUT2D eigenvalue weighted by atomic mass is 32.2. The summed E-state index contributed by atoms with van der Waals surface area (Å²) in [4.78, 5) is 0. The maximum Gasteiger partial charge on any atom is 0.257 e. The zero-order valence-electron chi connectivity index (χ0n) is 9.06. The number of thiocarbonyl (C=S) groups is 1. The van der Waals surface area contributed by atoms with Crippen LogP contribution in [0.3, 0.4) is 0 Å². The monoisotopic (exact) mass is 265 g/mol. The molecule has 2 heterocycles. The Morgan fingerprint density at radius 3 is 2.88 bits per heavy atom. The van der Waals surface area contributed by atoms with Crippen LogP contribution in [0.25, 0.3) is 0 Å². The molecule has 7 heteroatoms. The summed E-state index contributed by atoms with van der Waals surface area (Å²) in [5, 5.41) is 3.23. The van der Waals surface area contributed by atoms with Gasteiger partial charge in [0, 0.05) is 0 Å². The van der Waals surface area contributed by atoms with Crippen LogP contribution < -0.4 is 5.32 Å². The van der Waals surface area contributed by atoms with Gasteiger partial charge in [-0.25, -0.2) is 8.42 Å². The van der Waals surface area contributed by atoms with Crippen molar-refractivity contribution in [2.75, 3.05) is 24.7 Å². The van der Waals surface area contributed by atoms with Crippen molar-refractivity contribution in [2.24, 2.45) is 0 Å². The predicted octanol–water partition coefficient (Wildman–Crippen LogP) is -0.147. The fraction of sp³-hybridized carbons (Fsp3) is 0.889. The van der Waals surface area contributed by atoms with Crippen molar-refractivity contribution in [2.45, 2.75) is 25.0 Å². The molecule has 0 amide bonds. The first-order valence-corrected chi connectivity index (χ1v) is 7.39. The molecule has 2 atom stereocenters. The second-order valence-electron chi connectivity index (χ2n) is 4.58. The fourth-order valence-corrected chi connectivity index (χ4v) is 4.13. The lowest BCUT2D eigenvalue weighted by molar-refractivity contribution is 0.240. The van der Waals surface area contributed by atoms with E-state index in [0.29, 0.717) is 19.6 Å². The highest BCUT2D eigenvalue weighted by Crippen LogP contribution is 2.23. The van der Waals surface area contributed by atoms with Gasteiger partial charge in [-0.05, 0) is 25.6 Å². The third-order valence-electron chi connectivity index (χ3n) is 2.71. The number of hydrogen-bond donors (Lipinski definition) is 1. The van der Waals surface area contributed by atoms with E-state index in [1.807, 2.05) is 6.92 Å². The quantitative estimate of drug-likeness (QED) is 0.565. The predicted molar refractivity (Wildman–Crippen MR) is 63.1 cm³/mol. The van der Waals surface area contributed by atoms with Crippen molar-refractivity contribution in [3.8, 4) is 0 Å². The smallest absolute Gasteiger partial charge is 0.257 e. The van der Waals surface area contributed by atoms with E-state index in [9.17, 15) is 8.42 Å². The van der Waals surface area contributed by atoms with Gasteiger partial charge < -0.3 is 14.8 Å². The second kappa shape index (κ2) is 4.12. The third-order valence-corrected chi connectivity index (χ3v) is 4.83. The van der Waals surface area contributed by atoms with E-state index in [4.69, 9.17) is 21.7 Å². The standard InChI is InChI=1S/C9H15NO4S2/c1-9(2-3-16(11,12)6-9)10-8(15)14-5-7-4-13-7/h7H,2-6H2,1H3,(H,10,15)/t7-,9-/m1/s1. The molecule has 2 fully saturated rings. The van der Waals surface area contributed by atoms with Gasteiger partial charge in [-0.3, -0.25) is 0 Å². The van der Waals surface area contributed by atoms with Crippen molar-refractivity contribution in [1.29, 1.82) is 0 Å². The Kier molecular flexibility index (Phi) is 3.11. The molecular weight excluding hydrogens is 250 g/mol. The second-order valence-corrected chi connectivity index (χ2v) is 7.14.